The smallest absolute Gasteiger partial charge is 0.129 e. The molecule has 0 spiro atoms. The minimum atomic E-state index is -0.981. The Labute approximate surface area is 170 Å². The summed E-state index contributed by atoms with van der Waals surface area (Å²) in [5, 5.41) is 20.8. The van der Waals surface area contributed by atoms with Crippen LogP contribution in [0.3, 0.4) is 0 Å². The van der Waals surface area contributed by atoms with E-state index in [1.807, 2.05) is 42.5 Å². The van der Waals surface area contributed by atoms with Gasteiger partial charge in [0.05, 0.1) is 14.2 Å². The molecule has 0 heterocycles. The van der Waals surface area contributed by atoms with Crippen LogP contribution in [-0.4, -0.2) is 24.4 Å². The highest BCUT2D eigenvalue weighted by Gasteiger charge is 2.11. The highest BCUT2D eigenvalue weighted by atomic mass is 16.5. The van der Waals surface area contributed by atoms with E-state index in [4.69, 9.17) is 14.2 Å². The van der Waals surface area contributed by atoms with Crippen molar-refractivity contribution >= 4 is 6.08 Å². The van der Waals surface area contributed by atoms with Crippen molar-refractivity contribution in [1.82, 2.24) is 0 Å². The zero-order valence-corrected chi connectivity index (χ0v) is 16.4. The van der Waals surface area contributed by atoms with Gasteiger partial charge >= 0.3 is 0 Å². The average molecular weight is 392 g/mol. The van der Waals surface area contributed by atoms with Crippen molar-refractivity contribution in [3.63, 3.8) is 0 Å². The lowest BCUT2D eigenvalue weighted by Gasteiger charge is -2.12. The summed E-state index contributed by atoms with van der Waals surface area (Å²) < 4.78 is 16.2. The number of aliphatic hydroxyl groups is 1. The van der Waals surface area contributed by atoms with Gasteiger partial charge in [-0.15, -0.1) is 0 Å². The van der Waals surface area contributed by atoms with E-state index in [2.05, 4.69) is 0 Å². The number of phenols is 1. The molecule has 0 aromatic heterocycles. The van der Waals surface area contributed by atoms with E-state index in [0.29, 0.717) is 29.4 Å². The van der Waals surface area contributed by atoms with E-state index >= 15 is 0 Å². The predicted molar refractivity (Wildman–Crippen MR) is 112 cm³/mol. The molecule has 150 valence electrons. The molecule has 1 unspecified atom stereocenters. The molecule has 3 aromatic rings. The first-order chi connectivity index (χ1) is 14.1. The Morgan fingerprint density at radius 3 is 2.34 bits per heavy atom. The molecule has 0 aliphatic rings. The molecule has 0 radical (unpaired) electrons. The molecule has 5 heteroatoms. The molecule has 1 atom stereocenters. The monoisotopic (exact) mass is 392 g/mol. The molecule has 3 aromatic carbocycles. The summed E-state index contributed by atoms with van der Waals surface area (Å²) in [6, 6.07) is 20.1. The fraction of sp³-hybridized carbons (Fsp3) is 0.167. The largest absolute Gasteiger partial charge is 0.507 e. The molecule has 0 aliphatic heterocycles. The Bertz CT molecular complexity index is 966. The maximum atomic E-state index is 10.5. The van der Waals surface area contributed by atoms with Crippen LogP contribution in [-0.2, 0) is 6.61 Å². The third kappa shape index (κ3) is 5.30. The Kier molecular flexibility index (Phi) is 6.76. The number of rotatable bonds is 8. The average Bonchev–Trinajstić information content (AvgIpc) is 2.76. The summed E-state index contributed by atoms with van der Waals surface area (Å²) in [6.45, 7) is 0.402. The second-order valence-electron chi connectivity index (χ2n) is 6.41. The highest BCUT2D eigenvalue weighted by Crippen LogP contribution is 2.31. The van der Waals surface area contributed by atoms with E-state index in [9.17, 15) is 10.2 Å². The third-order valence-electron chi connectivity index (χ3n) is 4.47. The van der Waals surface area contributed by atoms with Gasteiger partial charge in [0.1, 0.15) is 35.7 Å². The summed E-state index contributed by atoms with van der Waals surface area (Å²) in [5.41, 5.74) is 2.21. The van der Waals surface area contributed by atoms with Crippen LogP contribution in [0.4, 0.5) is 0 Å². The van der Waals surface area contributed by atoms with Crippen molar-refractivity contribution in [2.24, 2.45) is 0 Å². The van der Waals surface area contributed by atoms with E-state index in [1.165, 1.54) is 6.07 Å². The normalized spacial score (nSPS) is 12.0. The SMILES string of the molecule is COc1ccc(C=CC(O)c2ccc(OCc3ccccc3)cc2O)c(OC)c1. The predicted octanol–water partition coefficient (Wildman–Crippen LogP) is 4.74. The first-order valence-corrected chi connectivity index (χ1v) is 9.18. The number of methoxy groups -OCH3 is 2. The lowest BCUT2D eigenvalue weighted by atomic mass is 10.1. The molecule has 2 N–H and O–H groups in total. The van der Waals surface area contributed by atoms with E-state index in [-0.39, 0.29) is 5.75 Å². The van der Waals surface area contributed by atoms with Crippen LogP contribution in [0.1, 0.15) is 22.8 Å². The number of hydrogen-bond donors (Lipinski definition) is 2. The molecule has 0 saturated heterocycles. The number of ether oxygens (including phenoxy) is 3. The van der Waals surface area contributed by atoms with E-state index in [1.54, 1.807) is 44.6 Å². The number of aliphatic hydroxyl groups excluding tert-OH is 1. The number of phenolic OH excluding ortho intramolecular Hbond substituents is 1. The van der Waals surface area contributed by atoms with Crippen molar-refractivity contribution in [2.75, 3.05) is 14.2 Å². The first-order valence-electron chi connectivity index (χ1n) is 9.18. The molecular weight excluding hydrogens is 368 g/mol. The Balaban J connectivity index is 1.69. The van der Waals surface area contributed by atoms with Crippen molar-refractivity contribution in [2.45, 2.75) is 12.7 Å². The maximum Gasteiger partial charge on any atom is 0.129 e. The topological polar surface area (TPSA) is 68.2 Å². The van der Waals surface area contributed by atoms with Crippen LogP contribution in [0, 0.1) is 0 Å². The van der Waals surface area contributed by atoms with Gasteiger partial charge in [-0.2, -0.15) is 0 Å². The standard InChI is InChI=1S/C24H24O5/c1-27-19-10-8-18(24(15-19)28-2)9-13-22(25)21-12-11-20(14-23(21)26)29-16-17-6-4-3-5-7-17/h3-15,22,25-26H,16H2,1-2H3. The molecule has 0 aliphatic carbocycles. The van der Waals surface area contributed by atoms with E-state index in [0.717, 1.165) is 11.1 Å². The zero-order chi connectivity index (χ0) is 20.6. The highest BCUT2D eigenvalue weighted by molar-refractivity contribution is 5.60. The van der Waals surface area contributed by atoms with Gasteiger partial charge in [-0.05, 0) is 29.8 Å². The first kappa shape index (κ1) is 20.3. The maximum absolute atomic E-state index is 10.5. The van der Waals surface area contributed by atoms with Crippen LogP contribution in [0.15, 0.2) is 72.8 Å². The Hall–Kier alpha value is -3.44. The molecule has 3 rings (SSSR count). The summed E-state index contributed by atoms with van der Waals surface area (Å²) in [7, 11) is 3.16. The molecular formula is C24H24O5. The summed E-state index contributed by atoms with van der Waals surface area (Å²) >= 11 is 0. The molecule has 0 fully saturated rings. The Morgan fingerprint density at radius 1 is 0.897 bits per heavy atom. The van der Waals surface area contributed by atoms with Gasteiger partial charge in [0.2, 0.25) is 0 Å². The van der Waals surface area contributed by atoms with E-state index < -0.39 is 6.10 Å². The summed E-state index contributed by atoms with van der Waals surface area (Å²) in [5.74, 6) is 1.81. The minimum absolute atomic E-state index is 0.0330. The van der Waals surface area contributed by atoms with Crippen LogP contribution in [0.25, 0.3) is 6.08 Å². The van der Waals surface area contributed by atoms with Gasteiger partial charge in [0.15, 0.2) is 0 Å². The molecule has 29 heavy (non-hydrogen) atoms. The summed E-state index contributed by atoms with van der Waals surface area (Å²) in [4.78, 5) is 0. The van der Waals surface area contributed by atoms with Gasteiger partial charge in [-0.3, -0.25) is 0 Å². The van der Waals surface area contributed by atoms with Crippen LogP contribution < -0.4 is 14.2 Å². The van der Waals surface area contributed by atoms with Crippen molar-refractivity contribution in [1.29, 1.82) is 0 Å². The van der Waals surface area contributed by atoms with Crippen molar-refractivity contribution < 1.29 is 24.4 Å². The summed E-state index contributed by atoms with van der Waals surface area (Å²) in [6.07, 6.45) is 2.34. The third-order valence-corrected chi connectivity index (χ3v) is 4.47. The zero-order valence-electron chi connectivity index (χ0n) is 16.4. The molecule has 0 saturated carbocycles. The van der Waals surface area contributed by atoms with Gasteiger partial charge in [-0.25, -0.2) is 0 Å². The van der Waals surface area contributed by atoms with Crippen LogP contribution in [0.5, 0.6) is 23.0 Å². The molecule has 0 amide bonds. The van der Waals surface area contributed by atoms with Crippen LogP contribution in [0.2, 0.25) is 0 Å². The lowest BCUT2D eigenvalue weighted by Crippen LogP contribution is -1.97. The fourth-order valence-electron chi connectivity index (χ4n) is 2.86. The Morgan fingerprint density at radius 2 is 1.66 bits per heavy atom. The quantitative estimate of drug-likeness (QED) is 0.580. The van der Waals surface area contributed by atoms with Crippen LogP contribution >= 0.6 is 0 Å². The lowest BCUT2D eigenvalue weighted by molar-refractivity contribution is 0.224. The second kappa shape index (κ2) is 9.66. The molecule has 5 nitrogen and oxygen atoms in total. The van der Waals surface area contributed by atoms with Gasteiger partial charge in [-0.1, -0.05) is 42.5 Å². The van der Waals surface area contributed by atoms with Gasteiger partial charge in [0, 0.05) is 23.3 Å². The number of aromatic hydroxyl groups is 1. The fourth-order valence-corrected chi connectivity index (χ4v) is 2.86. The number of hydrogen-bond acceptors (Lipinski definition) is 5. The van der Waals surface area contributed by atoms with Crippen molar-refractivity contribution in [3.8, 4) is 23.0 Å². The van der Waals surface area contributed by atoms with Crippen molar-refractivity contribution in [3.05, 3.63) is 89.5 Å². The molecule has 0 bridgehead atoms. The minimum Gasteiger partial charge on any atom is -0.507 e. The second-order valence-corrected chi connectivity index (χ2v) is 6.41. The van der Waals surface area contributed by atoms with Gasteiger partial charge < -0.3 is 24.4 Å². The van der Waals surface area contributed by atoms with Gasteiger partial charge in [0.25, 0.3) is 0 Å². The number of benzene rings is 3.